The van der Waals surface area contributed by atoms with Crippen molar-refractivity contribution in [2.75, 3.05) is 0 Å². The zero-order valence-electron chi connectivity index (χ0n) is 7.87. The Bertz CT molecular complexity index is 441. The Morgan fingerprint density at radius 2 is 1.41 bits per heavy atom. The van der Waals surface area contributed by atoms with Crippen molar-refractivity contribution in [3.8, 4) is 12.0 Å². The highest BCUT2D eigenvalue weighted by atomic mass is 32.2. The summed E-state index contributed by atoms with van der Waals surface area (Å²) in [5.41, 5.74) is 0. The number of nitrogens with one attached hydrogen (secondary N) is 1. The first-order valence-electron chi connectivity index (χ1n) is 3.56. The summed E-state index contributed by atoms with van der Waals surface area (Å²) >= 11 is 0. The molecule has 0 fully saturated rings. The smallest absolute Gasteiger partial charge is 0.237 e. The number of alkyl halides is 7. The van der Waals surface area contributed by atoms with Crippen LogP contribution in [0.4, 0.5) is 30.7 Å². The van der Waals surface area contributed by atoms with Crippen molar-refractivity contribution in [1.29, 1.82) is 0 Å². The van der Waals surface area contributed by atoms with E-state index in [4.69, 9.17) is 0 Å². The number of rotatable bonds is 3. The normalized spacial score (nSPS) is 13.9. The van der Waals surface area contributed by atoms with Crippen LogP contribution in [0, 0.1) is 12.0 Å². The molecule has 0 aromatic rings. The van der Waals surface area contributed by atoms with Gasteiger partial charge < -0.3 is 0 Å². The molecule has 0 rings (SSSR count). The number of hydrogen-bond donors (Lipinski definition) is 1. The summed E-state index contributed by atoms with van der Waals surface area (Å²) in [5, 5.41) is -6.37. The van der Waals surface area contributed by atoms with E-state index in [1.54, 1.807) is 5.92 Å². The predicted molar refractivity (Wildman–Crippen MR) is 41.5 cm³/mol. The van der Waals surface area contributed by atoms with Crippen LogP contribution in [0.15, 0.2) is 0 Å². The lowest BCUT2D eigenvalue weighted by atomic mass is 10.3. The quantitative estimate of drug-likeness (QED) is 0.487. The predicted octanol–water partition coefficient (Wildman–Crippen LogP) is 1.68. The summed E-state index contributed by atoms with van der Waals surface area (Å²) in [6.07, 6.45) is -6.72. The molecule has 0 saturated carbocycles. The Morgan fingerprint density at radius 1 is 1.00 bits per heavy atom. The first kappa shape index (κ1) is 15.8. The van der Waals surface area contributed by atoms with Crippen molar-refractivity contribution in [2.24, 2.45) is 0 Å². The van der Waals surface area contributed by atoms with Gasteiger partial charge in [-0.05, 0) is 6.92 Å². The first-order chi connectivity index (χ1) is 7.31. The molecule has 11 heteroatoms. The molecule has 0 amide bonds. The summed E-state index contributed by atoms with van der Waals surface area (Å²) in [6.45, 7) is 0.947. The zero-order chi connectivity index (χ0) is 14.1. The van der Waals surface area contributed by atoms with Crippen LogP contribution >= 0.6 is 0 Å². The molecule has 0 aromatic carbocycles. The molecule has 1 N–H and O–H groups in total. The van der Waals surface area contributed by atoms with Crippen LogP contribution in [-0.2, 0) is 10.0 Å². The largest absolute Gasteiger partial charge is 0.461 e. The van der Waals surface area contributed by atoms with Crippen LogP contribution < -0.4 is 4.72 Å². The van der Waals surface area contributed by atoms with Crippen LogP contribution in [-0.4, -0.2) is 25.8 Å². The van der Waals surface area contributed by atoms with Gasteiger partial charge >= 0.3 is 27.4 Å². The van der Waals surface area contributed by atoms with E-state index in [2.05, 4.69) is 0 Å². The van der Waals surface area contributed by atoms with Crippen molar-refractivity contribution >= 4 is 10.0 Å². The third kappa shape index (κ3) is 2.56. The highest BCUT2D eigenvalue weighted by Crippen LogP contribution is 2.48. The average molecular weight is 287 g/mol. The van der Waals surface area contributed by atoms with Crippen LogP contribution in [0.1, 0.15) is 6.92 Å². The van der Waals surface area contributed by atoms with Gasteiger partial charge in [0.25, 0.3) is 0 Å². The van der Waals surface area contributed by atoms with E-state index >= 15 is 0 Å². The molecule has 100 valence electrons. The van der Waals surface area contributed by atoms with Gasteiger partial charge in [0.05, 0.1) is 0 Å². The van der Waals surface area contributed by atoms with Crippen molar-refractivity contribution in [3.63, 3.8) is 0 Å². The maximum Gasteiger partial charge on any atom is 0.461 e. The van der Waals surface area contributed by atoms with Crippen molar-refractivity contribution in [3.05, 3.63) is 0 Å². The molecule has 0 bridgehead atoms. The van der Waals surface area contributed by atoms with E-state index in [1.807, 2.05) is 0 Å². The number of sulfonamides is 1. The monoisotopic (exact) mass is 287 g/mol. The Balaban J connectivity index is 5.62. The third-order valence-corrected chi connectivity index (χ3v) is 2.67. The lowest BCUT2D eigenvalue weighted by molar-refractivity contribution is -0.332. The summed E-state index contributed by atoms with van der Waals surface area (Å²) in [5.74, 6) is -5.05. The van der Waals surface area contributed by atoms with Gasteiger partial charge in [-0.1, -0.05) is 5.92 Å². The van der Waals surface area contributed by atoms with E-state index in [-0.39, 0.29) is 0 Å². The topological polar surface area (TPSA) is 46.2 Å². The average Bonchev–Trinajstić information content (AvgIpc) is 2.12. The fourth-order valence-electron chi connectivity index (χ4n) is 0.516. The lowest BCUT2D eigenvalue weighted by Crippen LogP contribution is -2.58. The van der Waals surface area contributed by atoms with Crippen LogP contribution in [0.2, 0.25) is 0 Å². The minimum atomic E-state index is -6.73. The zero-order valence-corrected chi connectivity index (χ0v) is 8.69. The van der Waals surface area contributed by atoms with Gasteiger partial charge in [0, 0.05) is 6.04 Å². The fourth-order valence-corrected chi connectivity index (χ4v) is 1.33. The molecular formula is C6H4F7NO2S. The van der Waals surface area contributed by atoms with E-state index in [0.29, 0.717) is 4.72 Å². The van der Waals surface area contributed by atoms with Crippen molar-refractivity contribution in [2.45, 2.75) is 24.3 Å². The standard InChI is InChI=1S/C6H4F7NO2S/c1-2-3-14-17(15,16)6(12,13)4(7,8)5(9,10)11/h14H,1H3. The van der Waals surface area contributed by atoms with Crippen LogP contribution in [0.5, 0.6) is 0 Å². The summed E-state index contributed by atoms with van der Waals surface area (Å²) in [6, 6.07) is 1.25. The van der Waals surface area contributed by atoms with Gasteiger partial charge in [-0.3, -0.25) is 0 Å². The minimum absolute atomic E-state index is 0.608. The summed E-state index contributed by atoms with van der Waals surface area (Å²) in [7, 11) is -6.29. The van der Waals surface area contributed by atoms with E-state index < -0.39 is 27.4 Å². The maximum absolute atomic E-state index is 12.6. The van der Waals surface area contributed by atoms with Gasteiger partial charge in [-0.2, -0.15) is 39.2 Å². The molecule has 0 aliphatic rings. The third-order valence-electron chi connectivity index (χ3n) is 1.37. The van der Waals surface area contributed by atoms with E-state index in [0.717, 1.165) is 6.92 Å². The second-order valence-electron chi connectivity index (χ2n) is 2.57. The number of hydrogen-bond acceptors (Lipinski definition) is 2. The molecule has 0 spiro atoms. The molecule has 0 atom stereocenters. The van der Waals surface area contributed by atoms with Gasteiger partial charge in [0.1, 0.15) is 0 Å². The van der Waals surface area contributed by atoms with Gasteiger partial charge in [-0.25, -0.2) is 4.72 Å². The maximum atomic E-state index is 12.6. The first-order valence-corrected chi connectivity index (χ1v) is 5.05. The van der Waals surface area contributed by atoms with E-state index in [9.17, 15) is 39.2 Å². The van der Waals surface area contributed by atoms with E-state index in [1.165, 1.54) is 6.04 Å². The minimum Gasteiger partial charge on any atom is -0.237 e. The second kappa shape index (κ2) is 4.25. The second-order valence-corrected chi connectivity index (χ2v) is 4.29. The van der Waals surface area contributed by atoms with Gasteiger partial charge in [0.2, 0.25) is 0 Å². The fraction of sp³-hybridized carbons (Fsp3) is 0.667. The van der Waals surface area contributed by atoms with Crippen molar-refractivity contribution < 1.29 is 39.2 Å². The highest BCUT2D eigenvalue weighted by molar-refractivity contribution is 7.90. The van der Waals surface area contributed by atoms with Crippen molar-refractivity contribution in [1.82, 2.24) is 4.72 Å². The molecule has 0 aliphatic heterocycles. The molecule has 0 radical (unpaired) electrons. The van der Waals surface area contributed by atoms with Crippen LogP contribution in [0.3, 0.4) is 0 Å². The molecule has 0 aliphatic carbocycles. The SMILES string of the molecule is CC#CNS(=O)(=O)C(F)(F)C(F)(F)C(F)(F)F. The Labute approximate surface area is 91.0 Å². The summed E-state index contributed by atoms with van der Waals surface area (Å²) in [4.78, 5) is 0. The lowest BCUT2D eigenvalue weighted by Gasteiger charge is -2.26. The molecular weight excluding hydrogens is 283 g/mol. The Morgan fingerprint density at radius 3 is 1.71 bits per heavy atom. The highest BCUT2D eigenvalue weighted by Gasteiger charge is 2.78. The molecule has 0 aromatic heterocycles. The molecule has 0 saturated heterocycles. The van der Waals surface area contributed by atoms with Gasteiger partial charge in [0.15, 0.2) is 0 Å². The number of halogens is 7. The molecule has 0 heterocycles. The Hall–Kier alpha value is -1.18. The van der Waals surface area contributed by atoms with Gasteiger partial charge in [-0.15, -0.1) is 0 Å². The summed E-state index contributed by atoms with van der Waals surface area (Å²) < 4.78 is 106. The van der Waals surface area contributed by atoms with Crippen LogP contribution in [0.25, 0.3) is 0 Å². The molecule has 3 nitrogen and oxygen atoms in total. The Kier molecular flexibility index (Phi) is 3.95. The molecule has 17 heavy (non-hydrogen) atoms. The molecule has 0 unspecified atom stereocenters.